The molecule has 2 N–H and O–H groups in total. The number of fused-ring (bicyclic) bond motifs is 1. The van der Waals surface area contributed by atoms with Gasteiger partial charge in [0.2, 0.25) is 0 Å². The summed E-state index contributed by atoms with van der Waals surface area (Å²) in [6.45, 7) is 4.57. The van der Waals surface area contributed by atoms with E-state index < -0.39 is 0 Å². The SMILES string of the molecule is COc1ccc2c(c1)C(=CC(=O)c1cccc(C(=O)NCc3cccnc3)c1)NC(C)(C)C2. The number of carbonyl (C=O) groups excluding carboxylic acids is 2. The van der Waals surface area contributed by atoms with Crippen molar-refractivity contribution in [1.82, 2.24) is 15.6 Å². The van der Waals surface area contributed by atoms with E-state index in [1.54, 1.807) is 49.8 Å². The zero-order valence-corrected chi connectivity index (χ0v) is 19.0. The summed E-state index contributed by atoms with van der Waals surface area (Å²) >= 11 is 0. The summed E-state index contributed by atoms with van der Waals surface area (Å²) in [6, 6.07) is 16.4. The van der Waals surface area contributed by atoms with Gasteiger partial charge in [-0.2, -0.15) is 0 Å². The quantitative estimate of drug-likeness (QED) is 0.443. The van der Waals surface area contributed by atoms with Gasteiger partial charge in [-0.25, -0.2) is 0 Å². The first kappa shape index (κ1) is 22.3. The van der Waals surface area contributed by atoms with Crippen LogP contribution in [0.4, 0.5) is 0 Å². The van der Waals surface area contributed by atoms with Crippen molar-refractivity contribution in [3.05, 3.63) is 101 Å². The first-order chi connectivity index (χ1) is 15.8. The van der Waals surface area contributed by atoms with Crippen LogP contribution in [0.5, 0.6) is 5.75 Å². The lowest BCUT2D eigenvalue weighted by molar-refractivity contribution is 0.0951. The van der Waals surface area contributed by atoms with Gasteiger partial charge in [-0.3, -0.25) is 14.6 Å². The van der Waals surface area contributed by atoms with Crippen LogP contribution in [-0.2, 0) is 13.0 Å². The third kappa shape index (κ3) is 5.29. The van der Waals surface area contributed by atoms with E-state index in [1.807, 2.05) is 30.3 Å². The van der Waals surface area contributed by atoms with Gasteiger partial charge in [-0.05, 0) is 61.7 Å². The van der Waals surface area contributed by atoms with E-state index in [4.69, 9.17) is 4.74 Å². The molecule has 33 heavy (non-hydrogen) atoms. The Balaban J connectivity index is 1.57. The first-order valence-electron chi connectivity index (χ1n) is 10.8. The first-order valence-corrected chi connectivity index (χ1v) is 10.8. The van der Waals surface area contributed by atoms with Gasteiger partial charge in [-0.15, -0.1) is 0 Å². The molecule has 1 amide bonds. The Bertz CT molecular complexity index is 1220. The van der Waals surface area contributed by atoms with E-state index in [1.165, 1.54) is 0 Å². The summed E-state index contributed by atoms with van der Waals surface area (Å²) in [5.74, 6) is 0.319. The second-order valence-electron chi connectivity index (χ2n) is 8.76. The van der Waals surface area contributed by atoms with Crippen LogP contribution in [0.1, 0.15) is 51.3 Å². The fourth-order valence-corrected chi connectivity index (χ4v) is 3.97. The molecule has 1 aliphatic rings. The van der Waals surface area contributed by atoms with Crippen molar-refractivity contribution in [2.24, 2.45) is 0 Å². The molecule has 0 radical (unpaired) electrons. The zero-order chi connectivity index (χ0) is 23.4. The highest BCUT2D eigenvalue weighted by molar-refractivity contribution is 6.10. The van der Waals surface area contributed by atoms with Gasteiger partial charge in [0.25, 0.3) is 5.91 Å². The van der Waals surface area contributed by atoms with Crippen LogP contribution in [0.25, 0.3) is 5.70 Å². The van der Waals surface area contributed by atoms with Gasteiger partial charge in [-0.1, -0.05) is 24.3 Å². The fourth-order valence-electron chi connectivity index (χ4n) is 3.97. The van der Waals surface area contributed by atoms with Gasteiger partial charge in [0.15, 0.2) is 5.78 Å². The van der Waals surface area contributed by atoms with E-state index >= 15 is 0 Å². The van der Waals surface area contributed by atoms with Crippen molar-refractivity contribution in [2.75, 3.05) is 7.11 Å². The minimum Gasteiger partial charge on any atom is -0.497 e. The maximum atomic E-state index is 13.2. The Morgan fingerprint density at radius 2 is 1.94 bits per heavy atom. The highest BCUT2D eigenvalue weighted by Crippen LogP contribution is 2.32. The summed E-state index contributed by atoms with van der Waals surface area (Å²) in [7, 11) is 1.63. The van der Waals surface area contributed by atoms with E-state index in [0.717, 1.165) is 34.6 Å². The number of aromatic nitrogens is 1. The van der Waals surface area contributed by atoms with Crippen LogP contribution in [0.2, 0.25) is 0 Å². The number of benzene rings is 2. The molecule has 3 aromatic rings. The number of methoxy groups -OCH3 is 1. The van der Waals surface area contributed by atoms with Crippen molar-refractivity contribution >= 4 is 17.4 Å². The van der Waals surface area contributed by atoms with Crippen LogP contribution in [-0.4, -0.2) is 29.3 Å². The molecular weight excluding hydrogens is 414 g/mol. The molecule has 0 atom stereocenters. The lowest BCUT2D eigenvalue weighted by atomic mass is 9.85. The third-order valence-electron chi connectivity index (χ3n) is 5.57. The molecule has 0 fully saturated rings. The van der Waals surface area contributed by atoms with Crippen LogP contribution < -0.4 is 15.4 Å². The number of hydrogen-bond acceptors (Lipinski definition) is 5. The minimum atomic E-state index is -0.242. The zero-order valence-electron chi connectivity index (χ0n) is 19.0. The molecule has 1 aromatic heterocycles. The smallest absolute Gasteiger partial charge is 0.251 e. The summed E-state index contributed by atoms with van der Waals surface area (Å²) in [5, 5.41) is 6.34. The number of allylic oxidation sites excluding steroid dienone is 1. The summed E-state index contributed by atoms with van der Waals surface area (Å²) in [6.07, 6.45) is 5.83. The van der Waals surface area contributed by atoms with Crippen molar-refractivity contribution < 1.29 is 14.3 Å². The van der Waals surface area contributed by atoms with Crippen LogP contribution >= 0.6 is 0 Å². The van der Waals surface area contributed by atoms with Crippen molar-refractivity contribution in [2.45, 2.75) is 32.4 Å². The standard InChI is InChI=1S/C27H27N3O3/c1-27(2)15-21-9-10-22(33-3)13-23(21)24(30-27)14-25(31)19-7-4-8-20(12-19)26(32)29-17-18-6-5-11-28-16-18/h4-14,16,30H,15,17H2,1-3H3,(H,29,32). The lowest BCUT2D eigenvalue weighted by Gasteiger charge is -2.35. The van der Waals surface area contributed by atoms with Gasteiger partial charge >= 0.3 is 0 Å². The Kier molecular flexibility index (Phi) is 6.27. The molecular formula is C27H27N3O3. The number of rotatable bonds is 6. The Morgan fingerprint density at radius 1 is 1.12 bits per heavy atom. The molecule has 4 rings (SSSR count). The average Bonchev–Trinajstić information content (AvgIpc) is 2.82. The molecule has 6 heteroatoms. The highest BCUT2D eigenvalue weighted by Gasteiger charge is 2.28. The van der Waals surface area contributed by atoms with E-state index in [9.17, 15) is 9.59 Å². The van der Waals surface area contributed by atoms with Gasteiger partial charge in [0.1, 0.15) is 5.75 Å². The molecule has 0 bridgehead atoms. The Hall–Kier alpha value is -3.93. The maximum absolute atomic E-state index is 13.2. The lowest BCUT2D eigenvalue weighted by Crippen LogP contribution is -2.43. The Morgan fingerprint density at radius 3 is 2.70 bits per heavy atom. The molecule has 0 unspecified atom stereocenters. The maximum Gasteiger partial charge on any atom is 0.251 e. The van der Waals surface area contributed by atoms with Crippen LogP contribution in [0, 0.1) is 0 Å². The molecule has 2 heterocycles. The normalized spacial score (nSPS) is 15.3. The number of carbonyl (C=O) groups is 2. The molecule has 2 aromatic carbocycles. The number of amides is 1. The summed E-state index contributed by atoms with van der Waals surface area (Å²) in [5.41, 5.74) is 4.45. The molecule has 0 spiro atoms. The molecule has 1 aliphatic heterocycles. The van der Waals surface area contributed by atoms with Crippen LogP contribution in [0.3, 0.4) is 0 Å². The monoisotopic (exact) mass is 441 g/mol. The summed E-state index contributed by atoms with van der Waals surface area (Å²) in [4.78, 5) is 29.8. The number of hydrogen-bond donors (Lipinski definition) is 2. The van der Waals surface area contributed by atoms with Crippen LogP contribution in [0.15, 0.2) is 73.1 Å². The molecule has 6 nitrogen and oxygen atoms in total. The molecule has 168 valence electrons. The molecule has 0 saturated carbocycles. The molecule has 0 saturated heterocycles. The highest BCUT2D eigenvalue weighted by atomic mass is 16.5. The predicted octanol–water partition coefficient (Wildman–Crippen LogP) is 4.17. The van der Waals surface area contributed by atoms with Gasteiger partial charge in [0, 0.05) is 52.9 Å². The number of ether oxygens (including phenoxy) is 1. The van der Waals surface area contributed by atoms with Gasteiger partial charge in [0.05, 0.1) is 7.11 Å². The molecule has 0 aliphatic carbocycles. The van der Waals surface area contributed by atoms with Gasteiger partial charge < -0.3 is 15.4 Å². The largest absolute Gasteiger partial charge is 0.497 e. The predicted molar refractivity (Wildman–Crippen MR) is 128 cm³/mol. The fraction of sp³-hybridized carbons (Fsp3) is 0.222. The second kappa shape index (κ2) is 9.28. The summed E-state index contributed by atoms with van der Waals surface area (Å²) < 4.78 is 5.38. The van der Waals surface area contributed by atoms with Crippen molar-refractivity contribution in [3.63, 3.8) is 0 Å². The number of nitrogens with one attached hydrogen (secondary N) is 2. The Labute approximate surface area is 193 Å². The van der Waals surface area contributed by atoms with Crippen molar-refractivity contribution in [3.8, 4) is 5.75 Å². The number of pyridine rings is 1. The second-order valence-corrected chi connectivity index (χ2v) is 8.76. The van der Waals surface area contributed by atoms with E-state index in [-0.39, 0.29) is 17.2 Å². The topological polar surface area (TPSA) is 80.3 Å². The number of ketones is 1. The number of nitrogens with zero attached hydrogens (tertiary/aromatic N) is 1. The third-order valence-corrected chi connectivity index (χ3v) is 5.57. The minimum absolute atomic E-state index is 0.175. The average molecular weight is 442 g/mol. The van der Waals surface area contributed by atoms with Crippen molar-refractivity contribution in [1.29, 1.82) is 0 Å². The van der Waals surface area contributed by atoms with E-state index in [0.29, 0.717) is 17.7 Å². The van der Waals surface area contributed by atoms with E-state index in [2.05, 4.69) is 29.5 Å².